The standard InChI is InChI=1S/C15H21N3O2/c1-11(16-9-12-10-19-7-8-20-12)15-17-13-5-3-4-6-14(13)18(15)2/h3-6,11-12,16H,7-10H2,1-2H3. The Morgan fingerprint density at radius 1 is 1.40 bits per heavy atom. The zero-order valence-corrected chi connectivity index (χ0v) is 12.0. The van der Waals surface area contributed by atoms with Gasteiger partial charge in [0.1, 0.15) is 5.82 Å². The van der Waals surface area contributed by atoms with Gasteiger partial charge < -0.3 is 19.4 Å². The van der Waals surface area contributed by atoms with Crippen LogP contribution in [-0.4, -0.2) is 42.0 Å². The van der Waals surface area contributed by atoms with E-state index in [0.29, 0.717) is 19.8 Å². The van der Waals surface area contributed by atoms with Crippen LogP contribution in [0, 0.1) is 0 Å². The number of nitrogens with zero attached hydrogens (tertiary/aromatic N) is 2. The molecule has 2 unspecified atom stereocenters. The number of aryl methyl sites for hydroxylation is 1. The Bertz CT molecular complexity index is 576. The molecule has 0 spiro atoms. The molecule has 5 heteroatoms. The molecule has 108 valence electrons. The van der Waals surface area contributed by atoms with Gasteiger partial charge in [0.25, 0.3) is 0 Å². The number of imidazole rings is 1. The Hall–Kier alpha value is -1.43. The minimum Gasteiger partial charge on any atom is -0.376 e. The van der Waals surface area contributed by atoms with E-state index in [1.165, 1.54) is 0 Å². The molecule has 3 rings (SSSR count). The lowest BCUT2D eigenvalue weighted by atomic mass is 10.2. The summed E-state index contributed by atoms with van der Waals surface area (Å²) in [5.74, 6) is 1.04. The van der Waals surface area contributed by atoms with Gasteiger partial charge in [0, 0.05) is 13.6 Å². The number of para-hydroxylation sites is 2. The van der Waals surface area contributed by atoms with E-state index in [9.17, 15) is 0 Å². The summed E-state index contributed by atoms with van der Waals surface area (Å²) in [6, 6.07) is 8.38. The second-order valence-corrected chi connectivity index (χ2v) is 5.22. The number of fused-ring (bicyclic) bond motifs is 1. The van der Waals surface area contributed by atoms with E-state index in [1.807, 2.05) is 18.2 Å². The van der Waals surface area contributed by atoms with Crippen LogP contribution in [0.1, 0.15) is 18.8 Å². The summed E-state index contributed by atoms with van der Waals surface area (Å²) >= 11 is 0. The van der Waals surface area contributed by atoms with Crippen molar-refractivity contribution in [2.45, 2.75) is 19.1 Å². The fraction of sp³-hybridized carbons (Fsp3) is 0.533. The summed E-state index contributed by atoms with van der Waals surface area (Å²) in [7, 11) is 2.06. The summed E-state index contributed by atoms with van der Waals surface area (Å²) in [5.41, 5.74) is 2.20. The Kier molecular flexibility index (Phi) is 4.00. The fourth-order valence-electron chi connectivity index (χ4n) is 2.61. The van der Waals surface area contributed by atoms with Crippen molar-refractivity contribution < 1.29 is 9.47 Å². The molecule has 1 aliphatic heterocycles. The minimum atomic E-state index is 0.140. The van der Waals surface area contributed by atoms with Gasteiger partial charge in [-0.2, -0.15) is 0 Å². The van der Waals surface area contributed by atoms with Gasteiger partial charge >= 0.3 is 0 Å². The molecule has 0 aliphatic carbocycles. The van der Waals surface area contributed by atoms with Crippen LogP contribution >= 0.6 is 0 Å². The maximum Gasteiger partial charge on any atom is 0.126 e. The van der Waals surface area contributed by atoms with Crippen molar-refractivity contribution >= 4 is 11.0 Å². The molecule has 0 saturated carbocycles. The van der Waals surface area contributed by atoms with Crippen LogP contribution in [0.5, 0.6) is 0 Å². The zero-order chi connectivity index (χ0) is 13.9. The highest BCUT2D eigenvalue weighted by Gasteiger charge is 2.18. The normalized spacial score (nSPS) is 21.2. The summed E-state index contributed by atoms with van der Waals surface area (Å²) in [5, 5.41) is 3.48. The average molecular weight is 275 g/mol. The molecule has 1 saturated heterocycles. The second-order valence-electron chi connectivity index (χ2n) is 5.22. The maximum atomic E-state index is 5.64. The maximum absolute atomic E-state index is 5.64. The predicted molar refractivity (Wildman–Crippen MR) is 77.7 cm³/mol. The molecule has 0 bridgehead atoms. The summed E-state index contributed by atoms with van der Waals surface area (Å²) in [6.45, 7) is 4.97. The molecule has 1 aliphatic rings. The first-order chi connectivity index (χ1) is 9.75. The molecule has 2 atom stereocenters. The van der Waals surface area contributed by atoms with E-state index in [0.717, 1.165) is 23.4 Å². The quantitative estimate of drug-likeness (QED) is 0.921. The lowest BCUT2D eigenvalue weighted by molar-refractivity contribution is -0.0870. The van der Waals surface area contributed by atoms with Gasteiger partial charge in [0.15, 0.2) is 0 Å². The third-order valence-corrected chi connectivity index (χ3v) is 3.75. The van der Waals surface area contributed by atoms with Crippen LogP contribution in [0.25, 0.3) is 11.0 Å². The number of rotatable bonds is 4. The molecular weight excluding hydrogens is 254 g/mol. The largest absolute Gasteiger partial charge is 0.376 e. The van der Waals surface area contributed by atoms with Crippen molar-refractivity contribution in [1.82, 2.24) is 14.9 Å². The van der Waals surface area contributed by atoms with Crippen molar-refractivity contribution in [3.8, 4) is 0 Å². The smallest absolute Gasteiger partial charge is 0.126 e. The van der Waals surface area contributed by atoms with E-state index in [1.54, 1.807) is 0 Å². The van der Waals surface area contributed by atoms with Gasteiger partial charge in [-0.25, -0.2) is 4.98 Å². The molecule has 1 N–H and O–H groups in total. The van der Waals surface area contributed by atoms with Gasteiger partial charge in [0.2, 0.25) is 0 Å². The Labute approximate surface area is 118 Å². The molecule has 5 nitrogen and oxygen atoms in total. The number of hydrogen-bond donors (Lipinski definition) is 1. The third kappa shape index (κ3) is 2.70. The molecular formula is C15H21N3O2. The van der Waals surface area contributed by atoms with E-state index in [4.69, 9.17) is 14.5 Å². The summed E-state index contributed by atoms with van der Waals surface area (Å²) in [4.78, 5) is 4.70. The number of ether oxygens (including phenoxy) is 2. The third-order valence-electron chi connectivity index (χ3n) is 3.75. The van der Waals surface area contributed by atoms with Crippen molar-refractivity contribution in [3.05, 3.63) is 30.1 Å². The van der Waals surface area contributed by atoms with Crippen LogP contribution in [-0.2, 0) is 16.5 Å². The second kappa shape index (κ2) is 5.91. The van der Waals surface area contributed by atoms with E-state index >= 15 is 0 Å². The highest BCUT2D eigenvalue weighted by molar-refractivity contribution is 5.75. The van der Waals surface area contributed by atoms with Crippen LogP contribution in [0.4, 0.5) is 0 Å². The Morgan fingerprint density at radius 2 is 2.25 bits per heavy atom. The highest BCUT2D eigenvalue weighted by atomic mass is 16.6. The van der Waals surface area contributed by atoms with Crippen molar-refractivity contribution in [2.24, 2.45) is 7.05 Å². The Morgan fingerprint density at radius 3 is 3.00 bits per heavy atom. The summed E-state index contributed by atoms with van der Waals surface area (Å²) in [6.07, 6.45) is 0.140. The van der Waals surface area contributed by atoms with Crippen molar-refractivity contribution in [1.29, 1.82) is 0 Å². The first-order valence-corrected chi connectivity index (χ1v) is 7.10. The predicted octanol–water partition coefficient (Wildman–Crippen LogP) is 1.64. The van der Waals surface area contributed by atoms with Gasteiger partial charge in [-0.3, -0.25) is 0 Å². The van der Waals surface area contributed by atoms with Gasteiger partial charge in [-0.15, -0.1) is 0 Å². The lowest BCUT2D eigenvalue weighted by Crippen LogP contribution is -2.38. The number of nitrogens with one attached hydrogen (secondary N) is 1. The average Bonchev–Trinajstić information content (AvgIpc) is 2.84. The van der Waals surface area contributed by atoms with Gasteiger partial charge in [0.05, 0.1) is 43.0 Å². The highest BCUT2D eigenvalue weighted by Crippen LogP contribution is 2.19. The van der Waals surface area contributed by atoms with Gasteiger partial charge in [-0.1, -0.05) is 12.1 Å². The van der Waals surface area contributed by atoms with E-state index < -0.39 is 0 Å². The molecule has 1 fully saturated rings. The number of hydrogen-bond acceptors (Lipinski definition) is 4. The lowest BCUT2D eigenvalue weighted by Gasteiger charge is -2.24. The molecule has 0 radical (unpaired) electrons. The molecule has 2 heterocycles. The van der Waals surface area contributed by atoms with Gasteiger partial charge in [-0.05, 0) is 19.1 Å². The van der Waals surface area contributed by atoms with Crippen molar-refractivity contribution in [3.63, 3.8) is 0 Å². The van der Waals surface area contributed by atoms with Crippen LogP contribution in [0.3, 0.4) is 0 Å². The van der Waals surface area contributed by atoms with Crippen LogP contribution in [0.2, 0.25) is 0 Å². The fourth-order valence-corrected chi connectivity index (χ4v) is 2.61. The van der Waals surface area contributed by atoms with E-state index in [2.05, 4.69) is 29.9 Å². The molecule has 1 aromatic heterocycles. The summed E-state index contributed by atoms with van der Waals surface area (Å²) < 4.78 is 13.2. The molecule has 20 heavy (non-hydrogen) atoms. The molecule has 0 amide bonds. The monoisotopic (exact) mass is 275 g/mol. The van der Waals surface area contributed by atoms with E-state index in [-0.39, 0.29) is 12.1 Å². The van der Waals surface area contributed by atoms with Crippen molar-refractivity contribution in [2.75, 3.05) is 26.4 Å². The van der Waals surface area contributed by atoms with Crippen LogP contribution < -0.4 is 5.32 Å². The first kappa shape index (κ1) is 13.5. The zero-order valence-electron chi connectivity index (χ0n) is 12.0. The van der Waals surface area contributed by atoms with Crippen LogP contribution in [0.15, 0.2) is 24.3 Å². The molecule has 1 aromatic carbocycles. The SMILES string of the molecule is CC(NCC1COCCO1)c1nc2ccccc2n1C. The minimum absolute atomic E-state index is 0.140. The topological polar surface area (TPSA) is 48.3 Å². The number of benzene rings is 1. The Balaban J connectivity index is 1.68. The first-order valence-electron chi connectivity index (χ1n) is 7.10. The molecule has 2 aromatic rings. The number of aromatic nitrogens is 2.